The van der Waals surface area contributed by atoms with Crippen molar-refractivity contribution in [3.05, 3.63) is 29.6 Å². The standard InChI is InChI=1S/C13H16FNO3/c1-18-12-8-10(2-3-11(12)14)9-4-6-15(7-5-9)13(16)17/h2-3,8-9H,4-7H2,1H3,(H,16,17). The van der Waals surface area contributed by atoms with Gasteiger partial charge in [0.05, 0.1) is 7.11 Å². The van der Waals surface area contributed by atoms with Crippen molar-refractivity contribution in [2.45, 2.75) is 18.8 Å². The Morgan fingerprint density at radius 1 is 1.44 bits per heavy atom. The minimum absolute atomic E-state index is 0.244. The molecule has 1 fully saturated rings. The lowest BCUT2D eigenvalue weighted by Crippen LogP contribution is -2.36. The van der Waals surface area contributed by atoms with Gasteiger partial charge < -0.3 is 14.7 Å². The van der Waals surface area contributed by atoms with Gasteiger partial charge in [-0.25, -0.2) is 9.18 Å². The molecule has 1 aliphatic rings. The molecule has 0 bridgehead atoms. The second-order valence-electron chi connectivity index (χ2n) is 4.44. The monoisotopic (exact) mass is 253 g/mol. The molecule has 5 heteroatoms. The average molecular weight is 253 g/mol. The second-order valence-corrected chi connectivity index (χ2v) is 4.44. The molecule has 1 amide bonds. The topological polar surface area (TPSA) is 49.8 Å². The molecule has 1 saturated heterocycles. The Balaban J connectivity index is 2.07. The van der Waals surface area contributed by atoms with Crippen LogP contribution in [0.5, 0.6) is 5.75 Å². The quantitative estimate of drug-likeness (QED) is 0.881. The van der Waals surface area contributed by atoms with E-state index in [9.17, 15) is 9.18 Å². The highest BCUT2D eigenvalue weighted by Crippen LogP contribution is 2.31. The first-order valence-corrected chi connectivity index (χ1v) is 5.93. The van der Waals surface area contributed by atoms with Crippen LogP contribution in [0.15, 0.2) is 18.2 Å². The molecule has 1 N–H and O–H groups in total. The normalized spacial score (nSPS) is 16.7. The Morgan fingerprint density at radius 2 is 2.11 bits per heavy atom. The summed E-state index contributed by atoms with van der Waals surface area (Å²) < 4.78 is 18.3. The van der Waals surface area contributed by atoms with Crippen molar-refractivity contribution < 1.29 is 19.0 Å². The van der Waals surface area contributed by atoms with Crippen LogP contribution >= 0.6 is 0 Å². The molecular formula is C13H16FNO3. The highest BCUT2D eigenvalue weighted by molar-refractivity contribution is 5.65. The van der Waals surface area contributed by atoms with E-state index < -0.39 is 6.09 Å². The van der Waals surface area contributed by atoms with E-state index in [1.54, 1.807) is 12.1 Å². The first-order valence-electron chi connectivity index (χ1n) is 5.93. The first kappa shape index (κ1) is 12.7. The van der Waals surface area contributed by atoms with Gasteiger partial charge in [-0.3, -0.25) is 0 Å². The van der Waals surface area contributed by atoms with Gasteiger partial charge >= 0.3 is 6.09 Å². The van der Waals surface area contributed by atoms with Gasteiger partial charge in [0, 0.05) is 13.1 Å². The fourth-order valence-electron chi connectivity index (χ4n) is 2.33. The van der Waals surface area contributed by atoms with E-state index in [-0.39, 0.29) is 17.5 Å². The van der Waals surface area contributed by atoms with Gasteiger partial charge in [0.1, 0.15) is 0 Å². The van der Waals surface area contributed by atoms with Gasteiger partial charge in [-0.15, -0.1) is 0 Å². The zero-order valence-electron chi connectivity index (χ0n) is 10.2. The number of piperidine rings is 1. The third kappa shape index (κ3) is 2.55. The number of carboxylic acid groups (broad SMARTS) is 1. The van der Waals surface area contributed by atoms with Gasteiger partial charge in [-0.1, -0.05) is 6.07 Å². The van der Waals surface area contributed by atoms with Crippen LogP contribution in [-0.4, -0.2) is 36.3 Å². The molecule has 0 aliphatic carbocycles. The van der Waals surface area contributed by atoms with Crippen LogP contribution in [0, 0.1) is 5.82 Å². The third-order valence-corrected chi connectivity index (χ3v) is 3.41. The van der Waals surface area contributed by atoms with Crippen LogP contribution in [0.4, 0.5) is 9.18 Å². The van der Waals surface area contributed by atoms with Gasteiger partial charge in [-0.05, 0) is 36.5 Å². The van der Waals surface area contributed by atoms with Gasteiger partial charge in [0.2, 0.25) is 0 Å². The van der Waals surface area contributed by atoms with Crippen molar-refractivity contribution in [3.8, 4) is 5.75 Å². The summed E-state index contributed by atoms with van der Waals surface area (Å²) in [6.45, 7) is 1.05. The fraction of sp³-hybridized carbons (Fsp3) is 0.462. The Kier molecular flexibility index (Phi) is 3.69. The zero-order valence-corrected chi connectivity index (χ0v) is 10.2. The first-order chi connectivity index (χ1) is 8.61. The summed E-state index contributed by atoms with van der Waals surface area (Å²) in [7, 11) is 1.44. The lowest BCUT2D eigenvalue weighted by atomic mass is 9.89. The van der Waals surface area contributed by atoms with Crippen molar-refractivity contribution in [1.82, 2.24) is 4.90 Å². The minimum atomic E-state index is -0.870. The Morgan fingerprint density at radius 3 is 2.67 bits per heavy atom. The smallest absolute Gasteiger partial charge is 0.407 e. The number of carbonyl (C=O) groups is 1. The van der Waals surface area contributed by atoms with E-state index in [0.29, 0.717) is 13.1 Å². The molecule has 1 aliphatic heterocycles. The minimum Gasteiger partial charge on any atom is -0.494 e. The van der Waals surface area contributed by atoms with Crippen LogP contribution < -0.4 is 4.74 Å². The van der Waals surface area contributed by atoms with Crippen LogP contribution in [0.25, 0.3) is 0 Å². The summed E-state index contributed by atoms with van der Waals surface area (Å²) in [5, 5.41) is 8.87. The van der Waals surface area contributed by atoms with Crippen LogP contribution in [-0.2, 0) is 0 Å². The van der Waals surface area contributed by atoms with E-state index in [4.69, 9.17) is 9.84 Å². The Hall–Kier alpha value is -1.78. The maximum atomic E-state index is 13.3. The van der Waals surface area contributed by atoms with E-state index in [1.807, 2.05) is 0 Å². The SMILES string of the molecule is COc1cc(C2CCN(C(=O)O)CC2)ccc1F. The summed E-state index contributed by atoms with van der Waals surface area (Å²) in [5.41, 5.74) is 1.01. The molecule has 0 radical (unpaired) electrons. The van der Waals surface area contributed by atoms with Crippen molar-refractivity contribution in [2.75, 3.05) is 20.2 Å². The predicted molar refractivity (Wildman–Crippen MR) is 64.5 cm³/mol. The maximum Gasteiger partial charge on any atom is 0.407 e. The molecule has 0 unspecified atom stereocenters. The summed E-state index contributed by atoms with van der Waals surface area (Å²) in [4.78, 5) is 12.2. The Labute approximate surface area is 105 Å². The number of hydrogen-bond donors (Lipinski definition) is 1. The van der Waals surface area contributed by atoms with Gasteiger partial charge in [-0.2, -0.15) is 0 Å². The van der Waals surface area contributed by atoms with Crippen molar-refractivity contribution in [2.24, 2.45) is 0 Å². The van der Waals surface area contributed by atoms with Crippen molar-refractivity contribution in [3.63, 3.8) is 0 Å². The number of methoxy groups -OCH3 is 1. The molecular weight excluding hydrogens is 237 g/mol. The average Bonchev–Trinajstić information content (AvgIpc) is 2.39. The number of rotatable bonds is 2. The van der Waals surface area contributed by atoms with Crippen LogP contribution in [0.2, 0.25) is 0 Å². The summed E-state index contributed by atoms with van der Waals surface area (Å²) in [6, 6.07) is 4.85. The molecule has 4 nitrogen and oxygen atoms in total. The summed E-state index contributed by atoms with van der Waals surface area (Å²) in [5.74, 6) is 0.146. The van der Waals surface area contributed by atoms with E-state index in [0.717, 1.165) is 18.4 Å². The number of benzene rings is 1. The molecule has 1 heterocycles. The highest BCUT2D eigenvalue weighted by atomic mass is 19.1. The molecule has 0 aromatic heterocycles. The zero-order chi connectivity index (χ0) is 13.1. The van der Waals surface area contributed by atoms with Crippen molar-refractivity contribution in [1.29, 1.82) is 0 Å². The molecule has 98 valence electrons. The molecule has 0 saturated carbocycles. The number of nitrogens with zero attached hydrogens (tertiary/aromatic N) is 1. The summed E-state index contributed by atoms with van der Waals surface area (Å²) in [6.07, 6.45) is 0.660. The lowest BCUT2D eigenvalue weighted by molar-refractivity contribution is 0.132. The van der Waals surface area contributed by atoms with E-state index >= 15 is 0 Å². The van der Waals surface area contributed by atoms with Crippen molar-refractivity contribution >= 4 is 6.09 Å². The highest BCUT2D eigenvalue weighted by Gasteiger charge is 2.23. The van der Waals surface area contributed by atoms with Crippen LogP contribution in [0.1, 0.15) is 24.3 Å². The van der Waals surface area contributed by atoms with Gasteiger partial charge in [0.25, 0.3) is 0 Å². The number of halogens is 1. The molecule has 1 aromatic rings. The number of amides is 1. The lowest BCUT2D eigenvalue weighted by Gasteiger charge is -2.30. The maximum absolute atomic E-state index is 13.3. The van der Waals surface area contributed by atoms with E-state index in [1.165, 1.54) is 18.1 Å². The number of hydrogen-bond acceptors (Lipinski definition) is 2. The number of ether oxygens (including phenoxy) is 1. The molecule has 1 aromatic carbocycles. The van der Waals surface area contributed by atoms with Gasteiger partial charge in [0.15, 0.2) is 11.6 Å². The Bertz CT molecular complexity index is 442. The van der Waals surface area contributed by atoms with E-state index in [2.05, 4.69) is 0 Å². The third-order valence-electron chi connectivity index (χ3n) is 3.41. The predicted octanol–water partition coefficient (Wildman–Crippen LogP) is 2.69. The second kappa shape index (κ2) is 5.25. The summed E-state index contributed by atoms with van der Waals surface area (Å²) >= 11 is 0. The molecule has 0 spiro atoms. The largest absolute Gasteiger partial charge is 0.494 e. The fourth-order valence-corrected chi connectivity index (χ4v) is 2.33. The van der Waals surface area contributed by atoms with Crippen LogP contribution in [0.3, 0.4) is 0 Å². The molecule has 2 rings (SSSR count). The number of likely N-dealkylation sites (tertiary alicyclic amines) is 1. The molecule has 18 heavy (non-hydrogen) atoms. The molecule has 0 atom stereocenters.